The number of anilines is 1. The molecular formula is C29H34FN7O. The number of halogens is 1. The second-order valence-corrected chi connectivity index (χ2v) is 10.7. The highest BCUT2D eigenvalue weighted by molar-refractivity contribution is 5.85. The minimum Gasteiger partial charge on any atom is -0.369 e. The number of fused-ring (bicyclic) bond motifs is 1. The van der Waals surface area contributed by atoms with Crippen LogP contribution in [0.2, 0.25) is 0 Å². The molecular weight excluding hydrogens is 481 g/mol. The van der Waals surface area contributed by atoms with Crippen molar-refractivity contribution in [3.8, 4) is 0 Å². The van der Waals surface area contributed by atoms with Gasteiger partial charge in [0.25, 0.3) is 5.56 Å². The number of aromatic amines is 1. The normalized spacial score (nSPS) is 18.2. The van der Waals surface area contributed by atoms with Gasteiger partial charge in [-0.3, -0.25) is 9.69 Å². The lowest BCUT2D eigenvalue weighted by molar-refractivity contribution is 0.192. The van der Waals surface area contributed by atoms with Crippen molar-refractivity contribution in [2.45, 2.75) is 58.0 Å². The number of nitrogens with zero attached hydrogens (tertiary/aromatic N) is 6. The van der Waals surface area contributed by atoms with Crippen molar-refractivity contribution in [1.82, 2.24) is 30.1 Å². The summed E-state index contributed by atoms with van der Waals surface area (Å²) in [5.41, 5.74) is 4.62. The largest absolute Gasteiger partial charge is 0.369 e. The lowest BCUT2D eigenvalue weighted by Crippen LogP contribution is -2.49. The first-order valence-corrected chi connectivity index (χ1v) is 13.6. The summed E-state index contributed by atoms with van der Waals surface area (Å²) in [6, 6.07) is 12.7. The minimum atomic E-state index is -0.365. The van der Waals surface area contributed by atoms with Crippen LogP contribution in [0.4, 0.5) is 10.1 Å². The number of hydrogen-bond acceptors (Lipinski definition) is 6. The lowest BCUT2D eigenvalue weighted by atomic mass is 9.94. The Balaban J connectivity index is 1.40. The van der Waals surface area contributed by atoms with E-state index in [1.807, 2.05) is 35.9 Å². The first-order valence-electron chi connectivity index (χ1n) is 13.6. The number of rotatable bonds is 5. The van der Waals surface area contributed by atoms with Gasteiger partial charge in [-0.1, -0.05) is 31.4 Å². The molecule has 0 bridgehead atoms. The fraction of sp³-hybridized carbons (Fsp3) is 0.448. The maximum Gasteiger partial charge on any atom is 0.253 e. The van der Waals surface area contributed by atoms with Gasteiger partial charge in [-0.15, -0.1) is 5.10 Å². The summed E-state index contributed by atoms with van der Waals surface area (Å²) in [5.74, 6) is 0.505. The van der Waals surface area contributed by atoms with Crippen LogP contribution in [0.5, 0.6) is 0 Å². The fourth-order valence-corrected chi connectivity index (χ4v) is 6.15. The molecule has 0 spiro atoms. The highest BCUT2D eigenvalue weighted by Gasteiger charge is 2.34. The smallest absolute Gasteiger partial charge is 0.253 e. The second kappa shape index (κ2) is 10.3. The van der Waals surface area contributed by atoms with Crippen LogP contribution in [-0.2, 0) is 0 Å². The molecule has 3 heterocycles. The van der Waals surface area contributed by atoms with E-state index in [-0.39, 0.29) is 23.5 Å². The third-order valence-electron chi connectivity index (χ3n) is 8.32. The molecule has 2 aliphatic rings. The average molecular weight is 516 g/mol. The number of nitrogens with one attached hydrogen (secondary N) is 1. The predicted octanol–water partition coefficient (Wildman–Crippen LogP) is 4.69. The van der Waals surface area contributed by atoms with Crippen molar-refractivity contribution in [1.29, 1.82) is 0 Å². The average Bonchev–Trinajstić information content (AvgIpc) is 3.42. The van der Waals surface area contributed by atoms with Crippen molar-refractivity contribution in [3.05, 3.63) is 81.2 Å². The van der Waals surface area contributed by atoms with Crippen molar-refractivity contribution < 1.29 is 4.39 Å². The van der Waals surface area contributed by atoms with Crippen LogP contribution in [0.3, 0.4) is 0 Å². The first-order chi connectivity index (χ1) is 18.5. The number of piperazine rings is 1. The van der Waals surface area contributed by atoms with Crippen LogP contribution in [0.1, 0.15) is 66.7 Å². The molecule has 1 aliphatic heterocycles. The Morgan fingerprint density at radius 1 is 0.947 bits per heavy atom. The highest BCUT2D eigenvalue weighted by Crippen LogP contribution is 2.34. The molecule has 1 N–H and O–H groups in total. The van der Waals surface area contributed by atoms with E-state index in [0.29, 0.717) is 5.56 Å². The molecule has 1 saturated carbocycles. The summed E-state index contributed by atoms with van der Waals surface area (Å²) >= 11 is 0. The topological polar surface area (TPSA) is 82.9 Å². The molecule has 1 aliphatic carbocycles. The molecule has 2 aromatic heterocycles. The number of tetrazole rings is 1. The molecule has 8 nitrogen and oxygen atoms in total. The van der Waals surface area contributed by atoms with E-state index in [1.165, 1.54) is 31.4 Å². The summed E-state index contributed by atoms with van der Waals surface area (Å²) in [6.45, 7) is 7.07. The summed E-state index contributed by atoms with van der Waals surface area (Å²) < 4.78 is 15.5. The van der Waals surface area contributed by atoms with Gasteiger partial charge in [0.15, 0.2) is 5.82 Å². The molecule has 6 rings (SSSR count). The monoisotopic (exact) mass is 515 g/mol. The summed E-state index contributed by atoms with van der Waals surface area (Å²) in [6.07, 6.45) is 5.68. The van der Waals surface area contributed by atoms with Gasteiger partial charge in [-0.25, -0.2) is 9.07 Å². The van der Waals surface area contributed by atoms with Crippen molar-refractivity contribution >= 4 is 16.6 Å². The molecule has 1 atom stereocenters. The number of hydrogen-bond donors (Lipinski definition) is 1. The van der Waals surface area contributed by atoms with E-state index in [9.17, 15) is 9.18 Å². The molecule has 198 valence electrons. The molecule has 2 fully saturated rings. The zero-order valence-electron chi connectivity index (χ0n) is 22.0. The van der Waals surface area contributed by atoms with Gasteiger partial charge >= 0.3 is 0 Å². The van der Waals surface area contributed by atoms with E-state index in [4.69, 9.17) is 0 Å². The maximum atomic E-state index is 13.7. The van der Waals surface area contributed by atoms with E-state index in [0.717, 1.165) is 72.6 Å². The summed E-state index contributed by atoms with van der Waals surface area (Å²) in [4.78, 5) is 21.4. The molecule has 9 heteroatoms. The molecule has 0 amide bonds. The zero-order chi connectivity index (χ0) is 26.2. The number of aromatic nitrogens is 5. The minimum absolute atomic E-state index is 0.102. The Hall–Kier alpha value is -3.59. The van der Waals surface area contributed by atoms with Crippen molar-refractivity contribution in [2.75, 3.05) is 31.1 Å². The van der Waals surface area contributed by atoms with E-state index in [1.54, 1.807) is 0 Å². The Morgan fingerprint density at radius 2 is 1.66 bits per heavy atom. The Bertz CT molecular complexity index is 1480. The van der Waals surface area contributed by atoms with Crippen LogP contribution in [0, 0.1) is 19.7 Å². The van der Waals surface area contributed by atoms with Crippen LogP contribution < -0.4 is 10.5 Å². The molecule has 2 aromatic carbocycles. The highest BCUT2D eigenvalue weighted by atomic mass is 19.1. The number of H-pyrrole nitrogens is 1. The molecule has 4 aromatic rings. The quantitative estimate of drug-likeness (QED) is 0.415. The van der Waals surface area contributed by atoms with Gasteiger partial charge in [0.2, 0.25) is 0 Å². The maximum absolute atomic E-state index is 13.7. The van der Waals surface area contributed by atoms with Gasteiger partial charge in [0.1, 0.15) is 11.9 Å². The number of pyridine rings is 1. The van der Waals surface area contributed by atoms with Crippen LogP contribution >= 0.6 is 0 Å². The van der Waals surface area contributed by atoms with Gasteiger partial charge in [-0.05, 0) is 78.6 Å². The standard InChI is InChI=1S/C29H34FN7O/c1-19-8-9-20(2)26-24(19)18-25(29(38)31-26)27(28-32-33-34-37(28)23-6-4-3-5-7-23)36-16-14-35(15-17-36)22-12-10-21(30)11-13-22/h8-13,18,23,27H,3-7,14-17H2,1-2H3,(H,31,38)/t27-/m0/s1. The SMILES string of the molecule is Cc1ccc(C)c2[nH]c(=O)c([C@@H](c3nnnn3C3CCCCC3)N3CCN(c4ccc(F)cc4)CC3)cc12. The van der Waals surface area contributed by atoms with Gasteiger partial charge in [-0.2, -0.15) is 0 Å². The van der Waals surface area contributed by atoms with E-state index >= 15 is 0 Å². The Morgan fingerprint density at radius 3 is 2.39 bits per heavy atom. The Kier molecular flexibility index (Phi) is 6.69. The van der Waals surface area contributed by atoms with Crippen LogP contribution in [0.25, 0.3) is 10.9 Å². The predicted molar refractivity (Wildman–Crippen MR) is 146 cm³/mol. The van der Waals surface area contributed by atoms with Gasteiger partial charge < -0.3 is 9.88 Å². The third-order valence-corrected chi connectivity index (χ3v) is 8.32. The van der Waals surface area contributed by atoms with Crippen molar-refractivity contribution in [3.63, 3.8) is 0 Å². The fourth-order valence-electron chi connectivity index (χ4n) is 6.15. The second-order valence-electron chi connectivity index (χ2n) is 10.7. The molecule has 0 radical (unpaired) electrons. The number of aryl methyl sites for hydroxylation is 2. The molecule has 0 unspecified atom stereocenters. The lowest BCUT2D eigenvalue weighted by Gasteiger charge is -2.40. The summed E-state index contributed by atoms with van der Waals surface area (Å²) in [7, 11) is 0. The van der Waals surface area contributed by atoms with Crippen molar-refractivity contribution in [2.24, 2.45) is 0 Å². The molecule has 38 heavy (non-hydrogen) atoms. The zero-order valence-corrected chi connectivity index (χ0v) is 22.0. The number of benzene rings is 2. The van der Waals surface area contributed by atoms with Gasteiger partial charge in [0, 0.05) is 42.8 Å². The van der Waals surface area contributed by atoms with Crippen LogP contribution in [0.15, 0.2) is 47.3 Å². The molecule has 1 saturated heterocycles. The Labute approximate surface area is 221 Å². The van der Waals surface area contributed by atoms with E-state index < -0.39 is 0 Å². The first kappa shape index (κ1) is 24.7. The third kappa shape index (κ3) is 4.60. The van der Waals surface area contributed by atoms with Gasteiger partial charge in [0.05, 0.1) is 11.6 Å². The summed E-state index contributed by atoms with van der Waals surface area (Å²) in [5, 5.41) is 14.1. The van der Waals surface area contributed by atoms with Crippen LogP contribution in [-0.4, -0.2) is 56.3 Å². The van der Waals surface area contributed by atoms with E-state index in [2.05, 4.69) is 43.3 Å².